The van der Waals surface area contributed by atoms with Crippen LogP contribution in [0.1, 0.15) is 31.8 Å². The highest BCUT2D eigenvalue weighted by Gasteiger charge is 2.36. The number of aryl methyl sites for hydroxylation is 1. The van der Waals surface area contributed by atoms with Crippen molar-refractivity contribution < 1.29 is 27.9 Å². The van der Waals surface area contributed by atoms with Gasteiger partial charge in [0.15, 0.2) is 5.78 Å². The van der Waals surface area contributed by atoms with Crippen LogP contribution in [-0.4, -0.2) is 23.0 Å². The lowest BCUT2D eigenvalue weighted by atomic mass is 9.99. The van der Waals surface area contributed by atoms with Gasteiger partial charge in [-0.25, -0.2) is 4.79 Å². The van der Waals surface area contributed by atoms with Crippen LogP contribution in [0.3, 0.4) is 0 Å². The van der Waals surface area contributed by atoms with E-state index < -0.39 is 29.1 Å². The number of ketones is 1. The maximum absolute atomic E-state index is 13.5. The first-order chi connectivity index (χ1) is 12.4. The van der Waals surface area contributed by atoms with Crippen molar-refractivity contribution >= 4 is 52.1 Å². The molecule has 0 aliphatic carbocycles. The molecule has 2 aromatic rings. The van der Waals surface area contributed by atoms with E-state index in [2.05, 4.69) is 0 Å². The summed E-state index contributed by atoms with van der Waals surface area (Å²) in [4.78, 5) is 23.3. The number of alkyl halides is 3. The molecular weight excluding hydrogens is 428 g/mol. The van der Waals surface area contributed by atoms with Gasteiger partial charge in [-0.2, -0.15) is 13.2 Å². The minimum atomic E-state index is -4.87. The summed E-state index contributed by atoms with van der Waals surface area (Å²) >= 11 is 17.3. The average Bonchev–Trinajstić information content (AvgIpc) is 2.55. The molecule has 142 valence electrons. The third kappa shape index (κ3) is 4.83. The number of carbonyl (C=O) groups excluding carboxylic acids is 1. The molecule has 0 aliphatic heterocycles. The monoisotopic (exact) mass is 436 g/mol. The largest absolute Gasteiger partial charge is 0.478 e. The summed E-state index contributed by atoms with van der Waals surface area (Å²) in [6.07, 6.45) is -4.46. The third-order valence-electron chi connectivity index (χ3n) is 3.62. The van der Waals surface area contributed by atoms with Gasteiger partial charge >= 0.3 is 12.1 Å². The maximum Gasteiger partial charge on any atom is 0.417 e. The summed E-state index contributed by atoms with van der Waals surface area (Å²) in [7, 11) is 0. The summed E-state index contributed by atoms with van der Waals surface area (Å²) < 4.78 is 40.4. The van der Waals surface area contributed by atoms with Crippen LogP contribution in [0.15, 0.2) is 36.4 Å². The number of allylic oxidation sites excluding steroid dienone is 2. The summed E-state index contributed by atoms with van der Waals surface area (Å²) in [5.74, 6) is -2.16. The molecule has 1 N–H and O–H groups in total. The highest BCUT2D eigenvalue weighted by molar-refractivity contribution is 6.48. The molecule has 2 aromatic carbocycles. The number of hydrogen-bond donors (Lipinski definition) is 1. The van der Waals surface area contributed by atoms with E-state index in [0.717, 1.165) is 24.3 Å². The second-order valence-electron chi connectivity index (χ2n) is 5.51. The molecule has 2 rings (SSSR count). The van der Waals surface area contributed by atoms with Gasteiger partial charge < -0.3 is 5.11 Å². The van der Waals surface area contributed by atoms with Crippen molar-refractivity contribution in [3.8, 4) is 0 Å². The highest BCUT2D eigenvalue weighted by Crippen LogP contribution is 2.39. The lowest BCUT2D eigenvalue weighted by molar-refractivity contribution is -0.0689. The number of aromatic carboxylic acids is 1. The van der Waals surface area contributed by atoms with Gasteiger partial charge in [-0.1, -0.05) is 40.9 Å². The summed E-state index contributed by atoms with van der Waals surface area (Å²) in [6.45, 7) is 1.44. The number of benzene rings is 2. The molecule has 27 heavy (non-hydrogen) atoms. The van der Waals surface area contributed by atoms with Gasteiger partial charge in [-0.05, 0) is 48.4 Å². The molecule has 0 atom stereocenters. The standard InChI is InChI=1S/C18H10Cl3F3O3/c1-8-4-9(2-3-11(8)17(26)27)15(25)7-12(18(22,23)24)10-5-13(19)16(21)14(20)6-10/h2-7H,1H3,(H,26,27)/b12-7+. The lowest BCUT2D eigenvalue weighted by Crippen LogP contribution is -2.13. The first-order valence-corrected chi connectivity index (χ1v) is 8.37. The van der Waals surface area contributed by atoms with E-state index in [1.165, 1.54) is 13.0 Å². The van der Waals surface area contributed by atoms with Crippen LogP contribution in [0, 0.1) is 6.92 Å². The number of carboxylic acid groups (broad SMARTS) is 1. The minimum Gasteiger partial charge on any atom is -0.478 e. The Hall–Kier alpha value is -2.02. The zero-order valence-corrected chi connectivity index (χ0v) is 15.8. The molecule has 0 heterocycles. The lowest BCUT2D eigenvalue weighted by Gasteiger charge is -2.14. The molecule has 0 fully saturated rings. The van der Waals surface area contributed by atoms with E-state index in [-0.39, 0.29) is 31.8 Å². The van der Waals surface area contributed by atoms with Gasteiger partial charge in [0.2, 0.25) is 0 Å². The van der Waals surface area contributed by atoms with Gasteiger partial charge in [0.05, 0.1) is 26.2 Å². The number of rotatable bonds is 4. The van der Waals surface area contributed by atoms with Crippen molar-refractivity contribution in [2.45, 2.75) is 13.1 Å². The Balaban J connectivity index is 2.55. The highest BCUT2D eigenvalue weighted by atomic mass is 35.5. The van der Waals surface area contributed by atoms with Crippen molar-refractivity contribution in [2.24, 2.45) is 0 Å². The zero-order chi connectivity index (χ0) is 20.5. The molecule has 0 radical (unpaired) electrons. The van der Waals surface area contributed by atoms with Crippen LogP contribution >= 0.6 is 34.8 Å². The summed E-state index contributed by atoms with van der Waals surface area (Å²) in [5, 5.41) is 8.50. The van der Waals surface area contributed by atoms with E-state index >= 15 is 0 Å². The Morgan fingerprint density at radius 1 is 1.00 bits per heavy atom. The Labute approximate surface area is 167 Å². The molecule has 3 nitrogen and oxygen atoms in total. The van der Waals surface area contributed by atoms with Crippen LogP contribution in [0.4, 0.5) is 13.2 Å². The van der Waals surface area contributed by atoms with Crippen molar-refractivity contribution in [2.75, 3.05) is 0 Å². The van der Waals surface area contributed by atoms with E-state index in [4.69, 9.17) is 39.9 Å². The molecular formula is C18H10Cl3F3O3. The molecule has 0 aromatic heterocycles. The zero-order valence-electron chi connectivity index (χ0n) is 13.5. The van der Waals surface area contributed by atoms with Crippen molar-refractivity contribution in [3.05, 3.63) is 73.7 Å². The second kappa shape index (κ2) is 7.92. The quantitative estimate of drug-likeness (QED) is 0.338. The predicted octanol–water partition coefficient (Wildman–Crippen LogP) is 6.48. The third-order valence-corrected chi connectivity index (χ3v) is 4.81. The van der Waals surface area contributed by atoms with Crippen LogP contribution in [-0.2, 0) is 0 Å². The molecule has 0 saturated heterocycles. The van der Waals surface area contributed by atoms with E-state index in [1.807, 2.05) is 0 Å². The van der Waals surface area contributed by atoms with Crippen LogP contribution in [0.25, 0.3) is 5.57 Å². The molecule has 0 saturated carbocycles. The minimum absolute atomic E-state index is 0.0529. The number of carboxylic acids is 1. The van der Waals surface area contributed by atoms with Crippen molar-refractivity contribution in [1.82, 2.24) is 0 Å². The topological polar surface area (TPSA) is 54.4 Å². The molecule has 0 bridgehead atoms. The first-order valence-electron chi connectivity index (χ1n) is 7.24. The van der Waals surface area contributed by atoms with Gasteiger partial charge in [-0.15, -0.1) is 0 Å². The Morgan fingerprint density at radius 2 is 1.56 bits per heavy atom. The average molecular weight is 438 g/mol. The van der Waals surface area contributed by atoms with E-state index in [0.29, 0.717) is 6.08 Å². The van der Waals surface area contributed by atoms with Crippen LogP contribution in [0.2, 0.25) is 15.1 Å². The first kappa shape index (κ1) is 21.3. The van der Waals surface area contributed by atoms with Gasteiger partial charge in [-0.3, -0.25) is 4.79 Å². The summed E-state index contributed by atoms with van der Waals surface area (Å²) in [6, 6.07) is 5.42. The molecule has 0 spiro atoms. The molecule has 0 aliphatic rings. The Kier molecular flexibility index (Phi) is 6.24. The normalized spacial score (nSPS) is 12.2. The van der Waals surface area contributed by atoms with Gasteiger partial charge in [0.1, 0.15) is 0 Å². The summed E-state index contributed by atoms with van der Waals surface area (Å²) in [5.41, 5.74) is -1.58. The fourth-order valence-corrected chi connectivity index (χ4v) is 2.91. The molecule has 0 amide bonds. The Bertz CT molecular complexity index is 943. The Morgan fingerprint density at radius 3 is 2.00 bits per heavy atom. The van der Waals surface area contributed by atoms with Gasteiger partial charge in [0, 0.05) is 5.56 Å². The van der Waals surface area contributed by atoms with Crippen molar-refractivity contribution in [1.29, 1.82) is 0 Å². The number of carbonyl (C=O) groups is 2. The van der Waals surface area contributed by atoms with E-state index in [9.17, 15) is 22.8 Å². The number of hydrogen-bond acceptors (Lipinski definition) is 2. The SMILES string of the molecule is Cc1cc(C(=O)/C=C(\c2cc(Cl)c(Cl)c(Cl)c2)C(F)(F)F)ccc1C(=O)O. The fourth-order valence-electron chi connectivity index (χ4n) is 2.31. The van der Waals surface area contributed by atoms with E-state index in [1.54, 1.807) is 0 Å². The smallest absolute Gasteiger partial charge is 0.417 e. The second-order valence-corrected chi connectivity index (χ2v) is 6.70. The van der Waals surface area contributed by atoms with Crippen LogP contribution < -0.4 is 0 Å². The predicted molar refractivity (Wildman–Crippen MR) is 98.0 cm³/mol. The van der Waals surface area contributed by atoms with Crippen LogP contribution in [0.5, 0.6) is 0 Å². The molecule has 9 heteroatoms. The fraction of sp³-hybridized carbons (Fsp3) is 0.111. The van der Waals surface area contributed by atoms with Crippen molar-refractivity contribution in [3.63, 3.8) is 0 Å². The maximum atomic E-state index is 13.5. The van der Waals surface area contributed by atoms with Gasteiger partial charge in [0.25, 0.3) is 0 Å². The molecule has 0 unspecified atom stereocenters. The number of halogens is 6.